The summed E-state index contributed by atoms with van der Waals surface area (Å²) < 4.78 is 0. The quantitative estimate of drug-likeness (QED) is 0.517. The first kappa shape index (κ1) is 8.67. The second-order valence-electron chi connectivity index (χ2n) is 2.33. The molecule has 0 aliphatic rings. The van der Waals surface area contributed by atoms with Gasteiger partial charge in [-0.25, -0.2) is 0 Å². The summed E-state index contributed by atoms with van der Waals surface area (Å²) in [4.78, 5) is 10.2. The van der Waals surface area contributed by atoms with Crippen molar-refractivity contribution in [2.45, 2.75) is 32.6 Å². The molecule has 1 heteroatoms. The Morgan fingerprint density at radius 1 is 1.67 bits per heavy atom. The molecule has 0 aliphatic heterocycles. The van der Waals surface area contributed by atoms with Crippen molar-refractivity contribution >= 4 is 6.29 Å². The highest BCUT2D eigenvalue weighted by Crippen LogP contribution is 2.08. The summed E-state index contributed by atoms with van der Waals surface area (Å²) in [5.74, 6) is 0.213. The van der Waals surface area contributed by atoms with Gasteiger partial charge in [-0.2, -0.15) is 0 Å². The molecule has 0 N–H and O–H groups in total. The predicted molar refractivity (Wildman–Crippen MR) is 39.1 cm³/mol. The molecular formula is C8H15O. The van der Waals surface area contributed by atoms with Crippen LogP contribution in [0.1, 0.15) is 32.6 Å². The van der Waals surface area contributed by atoms with Crippen LogP contribution in [0.4, 0.5) is 0 Å². The molecule has 0 aromatic rings. The van der Waals surface area contributed by atoms with Crippen LogP contribution < -0.4 is 0 Å². The summed E-state index contributed by atoms with van der Waals surface area (Å²) >= 11 is 0. The van der Waals surface area contributed by atoms with Crippen LogP contribution >= 0.6 is 0 Å². The lowest BCUT2D eigenvalue weighted by Crippen LogP contribution is -1.98. The van der Waals surface area contributed by atoms with Crippen LogP contribution in [0.2, 0.25) is 0 Å². The van der Waals surface area contributed by atoms with Gasteiger partial charge in [0, 0.05) is 5.92 Å². The Balaban J connectivity index is 3.20. The van der Waals surface area contributed by atoms with Crippen LogP contribution in [-0.2, 0) is 4.79 Å². The Labute approximate surface area is 57.5 Å². The van der Waals surface area contributed by atoms with E-state index in [0.717, 1.165) is 25.5 Å². The van der Waals surface area contributed by atoms with Crippen molar-refractivity contribution < 1.29 is 4.79 Å². The van der Waals surface area contributed by atoms with Crippen LogP contribution in [0.3, 0.4) is 0 Å². The van der Waals surface area contributed by atoms with E-state index >= 15 is 0 Å². The molecule has 1 atom stereocenters. The predicted octanol–water partition coefficient (Wildman–Crippen LogP) is 2.22. The van der Waals surface area contributed by atoms with E-state index in [9.17, 15) is 4.79 Å². The van der Waals surface area contributed by atoms with Crippen LogP contribution in [0.25, 0.3) is 0 Å². The number of rotatable bonds is 5. The first-order chi connectivity index (χ1) is 4.35. The van der Waals surface area contributed by atoms with Crippen LogP contribution in [0.5, 0.6) is 0 Å². The normalized spacial score (nSPS) is 13.1. The zero-order valence-corrected chi connectivity index (χ0v) is 6.10. The lowest BCUT2D eigenvalue weighted by atomic mass is 10.0. The summed E-state index contributed by atoms with van der Waals surface area (Å²) in [6, 6.07) is 0. The molecular weight excluding hydrogens is 112 g/mol. The summed E-state index contributed by atoms with van der Waals surface area (Å²) in [5, 5.41) is 0. The van der Waals surface area contributed by atoms with Crippen molar-refractivity contribution in [2.75, 3.05) is 0 Å². The monoisotopic (exact) mass is 127 g/mol. The number of hydrogen-bond acceptors (Lipinski definition) is 1. The highest BCUT2D eigenvalue weighted by Gasteiger charge is 2.01. The van der Waals surface area contributed by atoms with Gasteiger partial charge < -0.3 is 4.79 Å². The van der Waals surface area contributed by atoms with E-state index in [0.29, 0.717) is 0 Å². The van der Waals surface area contributed by atoms with Gasteiger partial charge in [0.2, 0.25) is 0 Å². The minimum atomic E-state index is 0.213. The van der Waals surface area contributed by atoms with Gasteiger partial charge in [-0.1, -0.05) is 26.7 Å². The summed E-state index contributed by atoms with van der Waals surface area (Å²) in [6.45, 7) is 5.81. The molecule has 53 valence electrons. The van der Waals surface area contributed by atoms with Gasteiger partial charge in [0.15, 0.2) is 0 Å². The van der Waals surface area contributed by atoms with Gasteiger partial charge >= 0.3 is 0 Å². The van der Waals surface area contributed by atoms with Gasteiger partial charge in [-0.05, 0) is 12.8 Å². The summed E-state index contributed by atoms with van der Waals surface area (Å²) in [6.07, 6.45) is 5.11. The third-order valence-corrected chi connectivity index (χ3v) is 1.49. The fourth-order valence-corrected chi connectivity index (χ4v) is 0.747. The number of carbonyl (C=O) groups excluding carboxylic acids is 1. The van der Waals surface area contributed by atoms with E-state index in [-0.39, 0.29) is 5.92 Å². The lowest BCUT2D eigenvalue weighted by molar-refractivity contribution is -0.111. The third-order valence-electron chi connectivity index (χ3n) is 1.49. The zero-order valence-electron chi connectivity index (χ0n) is 6.10. The van der Waals surface area contributed by atoms with E-state index in [4.69, 9.17) is 0 Å². The number of aldehydes is 1. The van der Waals surface area contributed by atoms with E-state index in [1.165, 1.54) is 6.42 Å². The van der Waals surface area contributed by atoms with Gasteiger partial charge in [0.1, 0.15) is 6.29 Å². The molecule has 0 rings (SSSR count). The SMILES string of the molecule is [CH2]CC(C=O)CCCC. The molecule has 1 radical (unpaired) electrons. The second kappa shape index (κ2) is 5.80. The van der Waals surface area contributed by atoms with Crippen molar-refractivity contribution in [1.29, 1.82) is 0 Å². The topological polar surface area (TPSA) is 17.1 Å². The Hall–Kier alpha value is -0.330. The first-order valence-corrected chi connectivity index (χ1v) is 3.59. The molecule has 0 saturated heterocycles. The van der Waals surface area contributed by atoms with Gasteiger partial charge in [0.25, 0.3) is 0 Å². The van der Waals surface area contributed by atoms with Crippen LogP contribution in [0, 0.1) is 12.8 Å². The molecule has 1 unspecified atom stereocenters. The Bertz CT molecular complexity index is 69.0. The van der Waals surface area contributed by atoms with Crippen molar-refractivity contribution in [3.8, 4) is 0 Å². The van der Waals surface area contributed by atoms with E-state index in [1.807, 2.05) is 0 Å². The Morgan fingerprint density at radius 3 is 2.67 bits per heavy atom. The highest BCUT2D eigenvalue weighted by molar-refractivity contribution is 5.53. The summed E-state index contributed by atoms with van der Waals surface area (Å²) in [5.41, 5.74) is 0. The Morgan fingerprint density at radius 2 is 2.33 bits per heavy atom. The maximum absolute atomic E-state index is 10.2. The zero-order chi connectivity index (χ0) is 7.11. The van der Waals surface area contributed by atoms with Crippen molar-refractivity contribution in [1.82, 2.24) is 0 Å². The molecule has 0 aliphatic carbocycles. The fraction of sp³-hybridized carbons (Fsp3) is 0.750. The molecule has 0 bridgehead atoms. The second-order valence-corrected chi connectivity index (χ2v) is 2.33. The fourth-order valence-electron chi connectivity index (χ4n) is 0.747. The molecule has 0 aromatic carbocycles. The molecule has 0 aromatic heterocycles. The van der Waals surface area contributed by atoms with Gasteiger partial charge in [-0.3, -0.25) is 0 Å². The van der Waals surface area contributed by atoms with Crippen LogP contribution in [-0.4, -0.2) is 6.29 Å². The highest BCUT2D eigenvalue weighted by atomic mass is 16.1. The van der Waals surface area contributed by atoms with Crippen molar-refractivity contribution in [3.63, 3.8) is 0 Å². The molecule has 1 nitrogen and oxygen atoms in total. The molecule has 0 amide bonds. The number of carbonyl (C=O) groups is 1. The summed E-state index contributed by atoms with van der Waals surface area (Å²) in [7, 11) is 0. The smallest absolute Gasteiger partial charge is 0.123 e. The minimum absolute atomic E-state index is 0.213. The molecule has 0 fully saturated rings. The molecule has 9 heavy (non-hydrogen) atoms. The van der Waals surface area contributed by atoms with Crippen molar-refractivity contribution in [3.05, 3.63) is 6.92 Å². The Kier molecular flexibility index (Phi) is 5.59. The largest absolute Gasteiger partial charge is 0.303 e. The van der Waals surface area contributed by atoms with Crippen LogP contribution in [0.15, 0.2) is 0 Å². The van der Waals surface area contributed by atoms with Crippen molar-refractivity contribution in [2.24, 2.45) is 5.92 Å². The van der Waals surface area contributed by atoms with E-state index in [2.05, 4.69) is 13.8 Å². The molecule has 0 saturated carbocycles. The number of hydrogen-bond donors (Lipinski definition) is 0. The average molecular weight is 127 g/mol. The number of unbranched alkanes of at least 4 members (excludes halogenated alkanes) is 1. The lowest BCUT2D eigenvalue weighted by Gasteiger charge is -2.03. The maximum atomic E-state index is 10.2. The van der Waals surface area contributed by atoms with E-state index < -0.39 is 0 Å². The standard InChI is InChI=1S/C8H15O/c1-3-5-6-8(4-2)7-9/h7-8H,2-6H2,1H3. The van der Waals surface area contributed by atoms with E-state index in [1.54, 1.807) is 0 Å². The molecule has 0 spiro atoms. The third kappa shape index (κ3) is 4.19. The van der Waals surface area contributed by atoms with Gasteiger partial charge in [0.05, 0.1) is 0 Å². The maximum Gasteiger partial charge on any atom is 0.123 e. The minimum Gasteiger partial charge on any atom is -0.303 e. The molecule has 0 heterocycles. The average Bonchev–Trinajstić information content (AvgIpc) is 1.91. The first-order valence-electron chi connectivity index (χ1n) is 3.59. The van der Waals surface area contributed by atoms with Gasteiger partial charge in [-0.15, -0.1) is 0 Å².